The third-order valence-electron chi connectivity index (χ3n) is 11.4. The van der Waals surface area contributed by atoms with Crippen LogP contribution >= 0.6 is 0 Å². The lowest BCUT2D eigenvalue weighted by Crippen LogP contribution is -3.16. The Hall–Kier alpha value is -1.92. The fourth-order valence-corrected chi connectivity index (χ4v) is 8.84. The number of nitrogens with zero attached hydrogens (tertiary/aromatic N) is 1. The second-order valence-electron chi connectivity index (χ2n) is 15.6. The molecule has 0 aromatic heterocycles. The van der Waals surface area contributed by atoms with Crippen molar-refractivity contribution in [3.8, 4) is 0 Å². The van der Waals surface area contributed by atoms with E-state index in [1.807, 2.05) is 6.21 Å². The van der Waals surface area contributed by atoms with Gasteiger partial charge in [0.25, 0.3) is 0 Å². The molecule has 46 heavy (non-hydrogen) atoms. The van der Waals surface area contributed by atoms with Gasteiger partial charge < -0.3 is 36.6 Å². The maximum atomic E-state index is 11.7. The van der Waals surface area contributed by atoms with Crippen molar-refractivity contribution in [1.82, 2.24) is 16.0 Å². The Morgan fingerprint density at radius 3 is 2.65 bits per heavy atom. The number of nitrogens with one attached hydrogen (secondary N) is 4. The lowest BCUT2D eigenvalue weighted by Gasteiger charge is -2.44. The Morgan fingerprint density at radius 2 is 1.89 bits per heavy atom. The summed E-state index contributed by atoms with van der Waals surface area (Å²) in [6, 6.07) is 10.1. The van der Waals surface area contributed by atoms with Gasteiger partial charge in [0, 0.05) is 30.6 Å². The number of piperidine rings is 2. The molecule has 5 rings (SSSR count). The molecule has 10 atom stereocenters. The molecule has 1 aromatic rings. The first-order valence-electron chi connectivity index (χ1n) is 18.0. The molecular formula is C36H61N6O4+. The molecular weight excluding hydrogens is 580 g/mol. The highest BCUT2D eigenvalue weighted by Gasteiger charge is 2.41. The fraction of sp³-hybridized carbons (Fsp3) is 0.778. The van der Waals surface area contributed by atoms with Gasteiger partial charge in [-0.05, 0) is 75.8 Å². The standard InChI is InChI=1S/C36H60N6O4/c1-25-32(43)19-31(42-15-14-38-24-42)30(40-25)12-11-26-8-5-3-4-6-13-36(46,22-34(44)45)23-39-35(2)20-29(41-33(37)21-35)18-28-10-7-9-27(16-26)17-28/h7,9-10,14,17,25-26,29-33,39-41,43,46H,3-6,8,11-13,15-16,18-24,37H2,1-2H3,(H,44,45)/p+1/t25-,26+,29-,30+,31-,32+,33-,35-,36+/m0/s1. The monoisotopic (exact) mass is 641 g/mol. The molecule has 1 aromatic carbocycles. The summed E-state index contributed by atoms with van der Waals surface area (Å²) in [6.45, 7) is 6.27. The van der Waals surface area contributed by atoms with E-state index < -0.39 is 11.6 Å². The number of fused-ring (bicyclic) bond motifs is 4. The van der Waals surface area contributed by atoms with E-state index in [1.54, 1.807) is 0 Å². The van der Waals surface area contributed by atoms with Crippen molar-refractivity contribution >= 4 is 12.2 Å². The number of benzene rings is 1. The molecule has 0 saturated carbocycles. The van der Waals surface area contributed by atoms with Gasteiger partial charge in [0.2, 0.25) is 0 Å². The van der Waals surface area contributed by atoms with E-state index in [0.717, 1.165) is 90.3 Å². The maximum Gasteiger partial charge on any atom is 0.306 e. The first kappa shape index (κ1) is 35.4. The number of hydrogen-bond acceptors (Lipinski definition) is 8. The highest BCUT2D eigenvalue weighted by molar-refractivity contribution is 5.68. The van der Waals surface area contributed by atoms with Gasteiger partial charge in [-0.15, -0.1) is 0 Å². The van der Waals surface area contributed by atoms with Crippen molar-refractivity contribution < 1.29 is 25.0 Å². The Balaban J connectivity index is 1.31. The molecule has 2 fully saturated rings. The van der Waals surface area contributed by atoms with Gasteiger partial charge in [0.15, 0.2) is 6.67 Å². The number of aliphatic carboxylic acids is 1. The largest absolute Gasteiger partial charge is 0.481 e. The number of carboxylic acids is 1. The summed E-state index contributed by atoms with van der Waals surface area (Å²) >= 11 is 0. The van der Waals surface area contributed by atoms with Crippen LogP contribution in [0.5, 0.6) is 0 Å². The zero-order valence-corrected chi connectivity index (χ0v) is 28.2. The Labute approximate surface area is 276 Å². The molecule has 0 aliphatic carbocycles. The summed E-state index contributed by atoms with van der Waals surface area (Å²) in [5.41, 5.74) is 7.64. The molecule has 4 bridgehead atoms. The predicted octanol–water partition coefficient (Wildman–Crippen LogP) is 1.52. The van der Waals surface area contributed by atoms with Crippen molar-refractivity contribution in [2.45, 2.75) is 151 Å². The Bertz CT molecular complexity index is 1160. The summed E-state index contributed by atoms with van der Waals surface area (Å²) in [6.07, 6.45) is 13.5. The van der Waals surface area contributed by atoms with Gasteiger partial charge in [0.1, 0.15) is 12.6 Å². The Morgan fingerprint density at radius 1 is 1.11 bits per heavy atom. The fourth-order valence-electron chi connectivity index (χ4n) is 8.84. The first-order chi connectivity index (χ1) is 22.0. The maximum absolute atomic E-state index is 11.7. The third-order valence-corrected chi connectivity index (χ3v) is 11.4. The van der Waals surface area contributed by atoms with Crippen molar-refractivity contribution in [2.75, 3.05) is 19.8 Å². The molecule has 10 heteroatoms. The number of nitrogens with two attached hydrogens (primary N) is 1. The van der Waals surface area contributed by atoms with Crippen molar-refractivity contribution in [3.05, 3.63) is 35.4 Å². The average Bonchev–Trinajstić information content (AvgIpc) is 3.52. The van der Waals surface area contributed by atoms with Crippen LogP contribution in [0.15, 0.2) is 29.3 Å². The molecule has 10 nitrogen and oxygen atoms in total. The number of quaternary nitrogens is 1. The molecule has 0 radical (unpaired) electrons. The Kier molecular flexibility index (Phi) is 12.3. The number of β-amino-alcohol motifs (C(OH)–C–C–N with tert-alkyl or cyclic N) is 1. The molecule has 0 spiro atoms. The quantitative estimate of drug-likeness (QED) is 0.233. The summed E-state index contributed by atoms with van der Waals surface area (Å²) < 4.78 is 0. The van der Waals surface area contributed by atoms with Crippen molar-refractivity contribution in [2.24, 2.45) is 16.6 Å². The number of aliphatic imine (C=N–C) groups is 1. The minimum atomic E-state index is -1.28. The van der Waals surface area contributed by atoms with E-state index in [0.29, 0.717) is 24.4 Å². The lowest BCUT2D eigenvalue weighted by atomic mass is 9.80. The SMILES string of the molecule is C[C@@H]1N[C@H](CC[C@H]2CCCCCC[C@@](O)(CC(=O)O)CN[C@@]3(C)C[C@H](Cc4cccc(c4)C2)N[C@H](N)C3)[C@@H]([NH+]2CC=NC2)C[C@H]1O. The summed E-state index contributed by atoms with van der Waals surface area (Å²) in [5.74, 6) is -0.405. The van der Waals surface area contributed by atoms with Gasteiger partial charge in [-0.25, -0.2) is 4.99 Å². The van der Waals surface area contributed by atoms with E-state index in [9.17, 15) is 20.1 Å². The van der Waals surface area contributed by atoms with Gasteiger partial charge in [-0.2, -0.15) is 0 Å². The molecule has 4 aliphatic rings. The van der Waals surface area contributed by atoms with Crippen molar-refractivity contribution in [1.29, 1.82) is 0 Å². The van der Waals surface area contributed by atoms with E-state index in [-0.39, 0.29) is 42.9 Å². The van der Waals surface area contributed by atoms with Crippen LogP contribution in [-0.2, 0) is 17.6 Å². The van der Waals surface area contributed by atoms with Crippen LogP contribution in [0.4, 0.5) is 0 Å². The smallest absolute Gasteiger partial charge is 0.306 e. The normalized spacial score (nSPS) is 39.8. The average molecular weight is 642 g/mol. The molecule has 4 aliphatic heterocycles. The number of aliphatic hydroxyl groups excluding tert-OH is 1. The minimum Gasteiger partial charge on any atom is -0.481 e. The molecule has 4 heterocycles. The summed E-state index contributed by atoms with van der Waals surface area (Å²) in [5, 5.41) is 42.7. The second-order valence-corrected chi connectivity index (χ2v) is 15.6. The van der Waals surface area contributed by atoms with Crippen LogP contribution < -0.4 is 26.6 Å². The van der Waals surface area contributed by atoms with Gasteiger partial charge in [-0.3, -0.25) is 10.1 Å². The van der Waals surface area contributed by atoms with E-state index in [4.69, 9.17) is 5.73 Å². The van der Waals surface area contributed by atoms with Crippen molar-refractivity contribution in [3.63, 3.8) is 0 Å². The van der Waals surface area contributed by atoms with Crippen LogP contribution in [0.2, 0.25) is 0 Å². The van der Waals surface area contributed by atoms with Crippen LogP contribution in [-0.4, -0.2) is 94.8 Å². The third kappa shape index (κ3) is 10.0. The zero-order valence-electron chi connectivity index (χ0n) is 28.2. The number of carboxylic acid groups (broad SMARTS) is 1. The topological polar surface area (TPSA) is 157 Å². The number of aliphatic hydroxyl groups is 2. The molecule has 2 saturated heterocycles. The number of carbonyl (C=O) groups is 1. The van der Waals surface area contributed by atoms with Gasteiger partial charge in [0.05, 0.1) is 36.5 Å². The molecule has 0 amide bonds. The second kappa shape index (κ2) is 16.0. The summed E-state index contributed by atoms with van der Waals surface area (Å²) in [7, 11) is 0. The van der Waals surface area contributed by atoms with E-state index in [1.165, 1.54) is 16.0 Å². The van der Waals surface area contributed by atoms with E-state index in [2.05, 4.69) is 59.1 Å². The van der Waals surface area contributed by atoms with Gasteiger partial charge in [-0.1, -0.05) is 56.4 Å². The highest BCUT2D eigenvalue weighted by Crippen LogP contribution is 2.30. The van der Waals surface area contributed by atoms with Crippen LogP contribution in [0.25, 0.3) is 0 Å². The summed E-state index contributed by atoms with van der Waals surface area (Å²) in [4.78, 5) is 17.7. The van der Waals surface area contributed by atoms with E-state index >= 15 is 0 Å². The number of hydrogen-bond donors (Lipinski definition) is 8. The van der Waals surface area contributed by atoms with Crippen LogP contribution in [0.3, 0.4) is 0 Å². The zero-order chi connectivity index (χ0) is 32.7. The van der Waals surface area contributed by atoms with Gasteiger partial charge >= 0.3 is 5.97 Å². The minimum absolute atomic E-state index is 0.101. The molecule has 9 N–H and O–H groups in total. The highest BCUT2D eigenvalue weighted by atomic mass is 16.4. The van der Waals surface area contributed by atoms with Crippen LogP contribution in [0.1, 0.15) is 102 Å². The lowest BCUT2D eigenvalue weighted by molar-refractivity contribution is -0.914. The van der Waals surface area contributed by atoms with Crippen LogP contribution in [0, 0.1) is 5.92 Å². The first-order valence-corrected chi connectivity index (χ1v) is 18.0. The predicted molar refractivity (Wildman–Crippen MR) is 182 cm³/mol. The molecule has 258 valence electrons. The molecule has 1 unspecified atom stereocenters. The number of rotatable bonds is 6.